The zero-order valence-corrected chi connectivity index (χ0v) is 12.2. The molecule has 1 saturated carbocycles. The molecule has 3 rings (SSSR count). The number of aromatic nitrogens is 4. The van der Waals surface area contributed by atoms with E-state index in [2.05, 4.69) is 33.7 Å². The molecule has 1 fully saturated rings. The molecular weight excluding hydrogens is 270 g/mol. The summed E-state index contributed by atoms with van der Waals surface area (Å²) in [5, 5.41) is 13.1. The SMILES string of the molecule is NCCc1ccccc1Sc1nnnn1C1CCCC1. The lowest BCUT2D eigenvalue weighted by molar-refractivity contribution is 0.423. The summed E-state index contributed by atoms with van der Waals surface area (Å²) >= 11 is 1.65. The van der Waals surface area contributed by atoms with Gasteiger partial charge in [-0.3, -0.25) is 0 Å². The summed E-state index contributed by atoms with van der Waals surface area (Å²) in [6, 6.07) is 8.80. The number of rotatable bonds is 5. The summed E-state index contributed by atoms with van der Waals surface area (Å²) < 4.78 is 2.00. The summed E-state index contributed by atoms with van der Waals surface area (Å²) in [7, 11) is 0. The van der Waals surface area contributed by atoms with E-state index in [0.717, 1.165) is 11.6 Å². The minimum atomic E-state index is 0.467. The second-order valence-corrected chi connectivity index (χ2v) is 6.10. The van der Waals surface area contributed by atoms with E-state index in [0.29, 0.717) is 12.6 Å². The van der Waals surface area contributed by atoms with Crippen LogP contribution < -0.4 is 5.73 Å². The average molecular weight is 289 g/mol. The van der Waals surface area contributed by atoms with Gasteiger partial charge in [-0.25, -0.2) is 4.68 Å². The van der Waals surface area contributed by atoms with E-state index in [-0.39, 0.29) is 0 Å². The maximum absolute atomic E-state index is 5.68. The normalized spacial score (nSPS) is 15.8. The number of tetrazole rings is 1. The molecule has 2 N–H and O–H groups in total. The largest absolute Gasteiger partial charge is 0.330 e. The topological polar surface area (TPSA) is 69.6 Å². The van der Waals surface area contributed by atoms with E-state index < -0.39 is 0 Å². The highest BCUT2D eigenvalue weighted by molar-refractivity contribution is 7.99. The van der Waals surface area contributed by atoms with E-state index in [1.807, 2.05) is 10.7 Å². The second kappa shape index (κ2) is 6.37. The number of hydrogen-bond donors (Lipinski definition) is 1. The molecule has 0 bridgehead atoms. The molecule has 1 aromatic heterocycles. The highest BCUT2D eigenvalue weighted by Gasteiger charge is 2.22. The minimum absolute atomic E-state index is 0.467. The minimum Gasteiger partial charge on any atom is -0.330 e. The van der Waals surface area contributed by atoms with Crippen LogP contribution in [0.2, 0.25) is 0 Å². The van der Waals surface area contributed by atoms with Gasteiger partial charge in [0, 0.05) is 4.90 Å². The Balaban J connectivity index is 1.83. The van der Waals surface area contributed by atoms with Crippen molar-refractivity contribution in [2.24, 2.45) is 5.73 Å². The lowest BCUT2D eigenvalue weighted by Gasteiger charge is -2.12. The van der Waals surface area contributed by atoms with Crippen molar-refractivity contribution in [3.8, 4) is 0 Å². The van der Waals surface area contributed by atoms with Gasteiger partial charge < -0.3 is 5.73 Å². The summed E-state index contributed by atoms with van der Waals surface area (Å²) in [4.78, 5) is 1.20. The quantitative estimate of drug-likeness (QED) is 0.915. The van der Waals surface area contributed by atoms with Gasteiger partial charge in [0.1, 0.15) is 0 Å². The molecule has 1 heterocycles. The van der Waals surface area contributed by atoms with Crippen LogP contribution in [0.5, 0.6) is 0 Å². The van der Waals surface area contributed by atoms with Crippen molar-refractivity contribution in [3.05, 3.63) is 29.8 Å². The highest BCUT2D eigenvalue weighted by Crippen LogP contribution is 2.34. The fourth-order valence-corrected chi connectivity index (χ4v) is 3.70. The van der Waals surface area contributed by atoms with E-state index >= 15 is 0 Å². The van der Waals surface area contributed by atoms with Crippen LogP contribution in [-0.2, 0) is 6.42 Å². The van der Waals surface area contributed by atoms with E-state index in [9.17, 15) is 0 Å². The maximum Gasteiger partial charge on any atom is 0.214 e. The molecule has 20 heavy (non-hydrogen) atoms. The first kappa shape index (κ1) is 13.6. The number of hydrogen-bond acceptors (Lipinski definition) is 5. The fourth-order valence-electron chi connectivity index (χ4n) is 2.69. The van der Waals surface area contributed by atoms with E-state index in [1.54, 1.807) is 11.8 Å². The Morgan fingerprint density at radius 3 is 2.85 bits per heavy atom. The monoisotopic (exact) mass is 289 g/mol. The van der Waals surface area contributed by atoms with Crippen LogP contribution in [0.3, 0.4) is 0 Å². The van der Waals surface area contributed by atoms with Crippen LogP contribution >= 0.6 is 11.8 Å². The lowest BCUT2D eigenvalue weighted by Crippen LogP contribution is -2.08. The van der Waals surface area contributed by atoms with Crippen molar-refractivity contribution >= 4 is 11.8 Å². The molecule has 0 spiro atoms. The third-order valence-electron chi connectivity index (χ3n) is 3.72. The van der Waals surface area contributed by atoms with Crippen molar-refractivity contribution in [1.29, 1.82) is 0 Å². The smallest absolute Gasteiger partial charge is 0.214 e. The number of nitrogens with zero attached hydrogens (tertiary/aromatic N) is 4. The predicted octanol–water partition coefficient (Wildman–Crippen LogP) is 2.44. The molecule has 2 aromatic rings. The lowest BCUT2D eigenvalue weighted by atomic mass is 10.1. The van der Waals surface area contributed by atoms with Gasteiger partial charge in [-0.05, 0) is 59.6 Å². The zero-order chi connectivity index (χ0) is 13.8. The maximum atomic E-state index is 5.68. The number of benzene rings is 1. The molecule has 0 amide bonds. The average Bonchev–Trinajstić information content (AvgIpc) is 3.11. The van der Waals surface area contributed by atoms with Crippen LogP contribution in [-0.4, -0.2) is 26.8 Å². The molecule has 0 radical (unpaired) electrons. The van der Waals surface area contributed by atoms with Gasteiger partial charge in [-0.15, -0.1) is 5.10 Å². The van der Waals surface area contributed by atoms with Crippen LogP contribution in [0.1, 0.15) is 37.3 Å². The highest BCUT2D eigenvalue weighted by atomic mass is 32.2. The van der Waals surface area contributed by atoms with Crippen molar-refractivity contribution in [2.45, 2.75) is 48.2 Å². The molecule has 1 aliphatic rings. The Hall–Kier alpha value is -1.40. The summed E-state index contributed by atoms with van der Waals surface area (Å²) in [6.45, 7) is 0.658. The Kier molecular flexibility index (Phi) is 4.32. The van der Waals surface area contributed by atoms with E-state index in [1.165, 1.54) is 36.1 Å². The number of nitrogens with two attached hydrogens (primary N) is 1. The van der Waals surface area contributed by atoms with Gasteiger partial charge in [0.05, 0.1) is 6.04 Å². The summed E-state index contributed by atoms with van der Waals surface area (Å²) in [6.07, 6.45) is 5.80. The molecule has 6 heteroatoms. The third kappa shape index (κ3) is 2.86. The Morgan fingerprint density at radius 2 is 2.05 bits per heavy atom. The van der Waals surface area contributed by atoms with Crippen molar-refractivity contribution in [2.75, 3.05) is 6.54 Å². The van der Waals surface area contributed by atoms with Gasteiger partial charge in [-0.2, -0.15) is 0 Å². The molecule has 0 atom stereocenters. The molecular formula is C14H19N5S. The van der Waals surface area contributed by atoms with Crippen molar-refractivity contribution < 1.29 is 0 Å². The van der Waals surface area contributed by atoms with Gasteiger partial charge in [0.15, 0.2) is 0 Å². The van der Waals surface area contributed by atoms with Crippen LogP contribution in [0.25, 0.3) is 0 Å². The van der Waals surface area contributed by atoms with Crippen molar-refractivity contribution in [1.82, 2.24) is 20.2 Å². The molecule has 5 nitrogen and oxygen atoms in total. The Labute approximate surface area is 122 Å². The molecule has 0 saturated heterocycles. The summed E-state index contributed by atoms with van der Waals surface area (Å²) in [5.41, 5.74) is 6.94. The Morgan fingerprint density at radius 1 is 1.25 bits per heavy atom. The van der Waals surface area contributed by atoms with Gasteiger partial charge in [0.25, 0.3) is 0 Å². The van der Waals surface area contributed by atoms with Crippen LogP contribution in [0.4, 0.5) is 0 Å². The zero-order valence-electron chi connectivity index (χ0n) is 11.4. The standard InChI is InChI=1S/C14H19N5S/c15-10-9-11-5-1-4-8-13(11)20-14-16-17-18-19(14)12-6-2-3-7-12/h1,4-5,8,12H,2-3,6-7,9-10,15H2. The molecule has 0 unspecified atom stereocenters. The summed E-state index contributed by atoms with van der Waals surface area (Å²) in [5.74, 6) is 0. The fraction of sp³-hybridized carbons (Fsp3) is 0.500. The van der Waals surface area contributed by atoms with Gasteiger partial charge in [0.2, 0.25) is 5.16 Å². The van der Waals surface area contributed by atoms with E-state index in [4.69, 9.17) is 5.73 Å². The first-order valence-corrected chi connectivity index (χ1v) is 7.94. The second-order valence-electron chi connectivity index (χ2n) is 5.09. The van der Waals surface area contributed by atoms with Crippen molar-refractivity contribution in [3.63, 3.8) is 0 Å². The van der Waals surface area contributed by atoms with Gasteiger partial charge >= 0.3 is 0 Å². The molecule has 106 valence electrons. The van der Waals surface area contributed by atoms with Crippen LogP contribution in [0, 0.1) is 0 Å². The van der Waals surface area contributed by atoms with Gasteiger partial charge in [-0.1, -0.05) is 31.0 Å². The third-order valence-corrected chi connectivity index (χ3v) is 4.79. The predicted molar refractivity (Wildman–Crippen MR) is 78.6 cm³/mol. The van der Waals surface area contributed by atoms with Crippen LogP contribution in [0.15, 0.2) is 34.3 Å². The molecule has 1 aliphatic carbocycles. The molecule has 0 aliphatic heterocycles. The Bertz CT molecular complexity index is 562. The first-order valence-electron chi connectivity index (χ1n) is 7.12. The molecule has 1 aromatic carbocycles. The first-order chi connectivity index (χ1) is 9.88.